The molecule has 0 fully saturated rings. The molecule has 0 saturated heterocycles. The zero-order chi connectivity index (χ0) is 15.0. The lowest BCUT2D eigenvalue weighted by Gasteiger charge is -2.28. The highest BCUT2D eigenvalue weighted by atomic mass is 79.9. The van der Waals surface area contributed by atoms with Crippen LogP contribution in [0.1, 0.15) is 16.7 Å². The van der Waals surface area contributed by atoms with Crippen molar-refractivity contribution >= 4 is 27.6 Å². The van der Waals surface area contributed by atoms with Crippen molar-refractivity contribution in [2.75, 3.05) is 5.32 Å². The van der Waals surface area contributed by atoms with Crippen molar-refractivity contribution < 1.29 is 9.90 Å². The molecule has 0 saturated carbocycles. The van der Waals surface area contributed by atoms with Crippen LogP contribution in [0, 0.1) is 6.92 Å². The number of para-hydroxylation sites is 1. The van der Waals surface area contributed by atoms with Crippen LogP contribution in [-0.4, -0.2) is 16.6 Å². The number of nitrogens with one attached hydrogen (secondary N) is 1. The predicted octanol–water partition coefficient (Wildman–Crippen LogP) is 3.79. The van der Waals surface area contributed by atoms with E-state index in [1.54, 1.807) is 0 Å². The molecule has 0 radical (unpaired) electrons. The molecule has 0 bridgehead atoms. The molecule has 0 aromatic heterocycles. The van der Waals surface area contributed by atoms with Crippen molar-refractivity contribution in [3.05, 3.63) is 63.6 Å². The van der Waals surface area contributed by atoms with E-state index in [0.717, 1.165) is 26.9 Å². The van der Waals surface area contributed by atoms with E-state index in [9.17, 15) is 9.90 Å². The predicted molar refractivity (Wildman–Crippen MR) is 86.7 cm³/mol. The fourth-order valence-corrected chi connectivity index (χ4v) is 3.50. The number of carboxylic acids is 1. The molecular formula is C17H16BrNO2. The molecule has 0 aliphatic heterocycles. The van der Waals surface area contributed by atoms with Gasteiger partial charge in [-0.2, -0.15) is 0 Å². The highest BCUT2D eigenvalue weighted by Gasteiger charge is 2.44. The maximum absolute atomic E-state index is 11.9. The van der Waals surface area contributed by atoms with Crippen molar-refractivity contribution in [1.82, 2.24) is 0 Å². The normalized spacial score (nSPS) is 15.5. The zero-order valence-corrected chi connectivity index (χ0v) is 13.3. The van der Waals surface area contributed by atoms with Gasteiger partial charge in [-0.15, -0.1) is 0 Å². The van der Waals surface area contributed by atoms with E-state index < -0.39 is 11.5 Å². The van der Waals surface area contributed by atoms with Crippen molar-refractivity contribution in [3.63, 3.8) is 0 Å². The summed E-state index contributed by atoms with van der Waals surface area (Å²) in [7, 11) is 0. The molecule has 1 aliphatic carbocycles. The maximum atomic E-state index is 11.9. The average molecular weight is 346 g/mol. The lowest BCUT2D eigenvalue weighted by molar-refractivity contribution is -0.142. The van der Waals surface area contributed by atoms with Crippen molar-refractivity contribution in [3.8, 4) is 0 Å². The molecule has 0 heterocycles. The smallest absolute Gasteiger partial charge is 0.330 e. The van der Waals surface area contributed by atoms with Crippen LogP contribution in [0.5, 0.6) is 0 Å². The molecule has 0 amide bonds. The summed E-state index contributed by atoms with van der Waals surface area (Å²) in [6, 6.07) is 13.8. The number of carbonyl (C=O) groups is 1. The van der Waals surface area contributed by atoms with Crippen LogP contribution in [0.2, 0.25) is 0 Å². The molecule has 0 unspecified atom stereocenters. The van der Waals surface area contributed by atoms with Gasteiger partial charge < -0.3 is 10.4 Å². The quantitative estimate of drug-likeness (QED) is 0.889. The number of carboxylic acid groups (broad SMARTS) is 1. The standard InChI is InChI=1S/C17H16BrNO2/c1-11-5-4-8-14(18)15(11)19-17(16(20)21)9-12-6-2-3-7-13(12)10-17/h2-8,19H,9-10H2,1H3,(H,20,21). The molecule has 3 rings (SSSR count). The number of hydrogen-bond acceptors (Lipinski definition) is 2. The monoisotopic (exact) mass is 345 g/mol. The third kappa shape index (κ3) is 2.44. The second-order valence-corrected chi connectivity index (χ2v) is 6.42. The Morgan fingerprint density at radius 1 is 1.14 bits per heavy atom. The molecule has 0 spiro atoms. The molecule has 2 aromatic carbocycles. The molecule has 4 heteroatoms. The highest BCUT2D eigenvalue weighted by Crippen LogP contribution is 2.36. The second-order valence-electron chi connectivity index (χ2n) is 5.57. The number of aliphatic carboxylic acids is 1. The maximum Gasteiger partial charge on any atom is 0.330 e. The summed E-state index contributed by atoms with van der Waals surface area (Å²) in [6.45, 7) is 1.98. The summed E-state index contributed by atoms with van der Waals surface area (Å²) in [5.41, 5.74) is 3.13. The topological polar surface area (TPSA) is 49.3 Å². The Kier molecular flexibility index (Phi) is 3.49. The molecular weight excluding hydrogens is 330 g/mol. The van der Waals surface area contributed by atoms with E-state index in [1.165, 1.54) is 0 Å². The minimum absolute atomic E-state index is 0.499. The van der Waals surface area contributed by atoms with Gasteiger partial charge in [-0.3, -0.25) is 0 Å². The van der Waals surface area contributed by atoms with Gasteiger partial charge in [-0.1, -0.05) is 36.4 Å². The Labute approximate surface area is 132 Å². The van der Waals surface area contributed by atoms with Crippen LogP contribution in [0.4, 0.5) is 5.69 Å². The molecule has 2 aromatic rings. The van der Waals surface area contributed by atoms with Gasteiger partial charge in [0.05, 0.1) is 5.69 Å². The SMILES string of the molecule is Cc1cccc(Br)c1NC1(C(=O)O)Cc2ccccc2C1. The summed E-state index contributed by atoms with van der Waals surface area (Å²) < 4.78 is 0.888. The fraction of sp³-hybridized carbons (Fsp3) is 0.235. The first-order valence-electron chi connectivity index (χ1n) is 6.85. The minimum Gasteiger partial charge on any atom is -0.479 e. The molecule has 2 N–H and O–H groups in total. The highest BCUT2D eigenvalue weighted by molar-refractivity contribution is 9.10. The van der Waals surface area contributed by atoms with Gasteiger partial charge in [0.15, 0.2) is 0 Å². The van der Waals surface area contributed by atoms with Gasteiger partial charge in [0.1, 0.15) is 5.54 Å². The fourth-order valence-electron chi connectivity index (χ4n) is 2.94. The first-order valence-corrected chi connectivity index (χ1v) is 7.65. The zero-order valence-electron chi connectivity index (χ0n) is 11.7. The Balaban J connectivity index is 2.00. The van der Waals surface area contributed by atoms with Crippen LogP contribution in [0.25, 0.3) is 0 Å². The number of aryl methyl sites for hydroxylation is 1. The van der Waals surface area contributed by atoms with Gasteiger partial charge >= 0.3 is 5.97 Å². The third-order valence-electron chi connectivity index (χ3n) is 4.10. The van der Waals surface area contributed by atoms with E-state index >= 15 is 0 Å². The van der Waals surface area contributed by atoms with Gasteiger partial charge in [0.25, 0.3) is 0 Å². The third-order valence-corrected chi connectivity index (χ3v) is 4.76. The minimum atomic E-state index is -0.974. The molecule has 108 valence electrons. The van der Waals surface area contributed by atoms with Crippen LogP contribution in [0.3, 0.4) is 0 Å². The van der Waals surface area contributed by atoms with Crippen LogP contribution in [0.15, 0.2) is 46.9 Å². The first kappa shape index (κ1) is 14.1. The van der Waals surface area contributed by atoms with Gasteiger partial charge in [-0.05, 0) is 45.6 Å². The number of rotatable bonds is 3. The first-order chi connectivity index (χ1) is 10.0. The van der Waals surface area contributed by atoms with Gasteiger partial charge in [0.2, 0.25) is 0 Å². The Hall–Kier alpha value is -1.81. The van der Waals surface area contributed by atoms with Crippen LogP contribution >= 0.6 is 15.9 Å². The number of halogens is 1. The van der Waals surface area contributed by atoms with Crippen LogP contribution < -0.4 is 5.32 Å². The largest absolute Gasteiger partial charge is 0.479 e. The van der Waals surface area contributed by atoms with E-state index in [-0.39, 0.29) is 0 Å². The Morgan fingerprint density at radius 3 is 2.29 bits per heavy atom. The van der Waals surface area contributed by atoms with Crippen molar-refractivity contribution in [1.29, 1.82) is 0 Å². The van der Waals surface area contributed by atoms with Gasteiger partial charge in [0, 0.05) is 17.3 Å². The van der Waals surface area contributed by atoms with E-state index in [2.05, 4.69) is 21.2 Å². The Bertz CT molecular complexity index is 666. The molecule has 1 aliphatic rings. The number of hydrogen-bond donors (Lipinski definition) is 2. The number of anilines is 1. The Morgan fingerprint density at radius 2 is 1.76 bits per heavy atom. The van der Waals surface area contributed by atoms with E-state index in [1.807, 2.05) is 49.4 Å². The van der Waals surface area contributed by atoms with Gasteiger partial charge in [-0.25, -0.2) is 4.79 Å². The summed E-state index contributed by atoms with van der Waals surface area (Å²) >= 11 is 3.51. The molecule has 21 heavy (non-hydrogen) atoms. The number of benzene rings is 2. The van der Waals surface area contributed by atoms with E-state index in [4.69, 9.17) is 0 Å². The second kappa shape index (κ2) is 5.19. The van der Waals surface area contributed by atoms with Crippen molar-refractivity contribution in [2.45, 2.75) is 25.3 Å². The lowest BCUT2D eigenvalue weighted by Crippen LogP contribution is -2.47. The van der Waals surface area contributed by atoms with Crippen LogP contribution in [-0.2, 0) is 17.6 Å². The average Bonchev–Trinajstić information content (AvgIpc) is 2.83. The number of fused-ring (bicyclic) bond motifs is 1. The lowest BCUT2D eigenvalue weighted by atomic mass is 9.94. The summed E-state index contributed by atoms with van der Waals surface area (Å²) in [6.07, 6.45) is 0.999. The molecule has 3 nitrogen and oxygen atoms in total. The van der Waals surface area contributed by atoms with E-state index in [0.29, 0.717) is 12.8 Å². The summed E-state index contributed by atoms with van der Waals surface area (Å²) in [4.78, 5) is 11.9. The molecule has 0 atom stereocenters. The summed E-state index contributed by atoms with van der Waals surface area (Å²) in [5, 5.41) is 13.1. The summed E-state index contributed by atoms with van der Waals surface area (Å²) in [5.74, 6) is -0.811. The van der Waals surface area contributed by atoms with Crippen molar-refractivity contribution in [2.24, 2.45) is 0 Å².